The van der Waals surface area contributed by atoms with E-state index < -0.39 is 0 Å². The summed E-state index contributed by atoms with van der Waals surface area (Å²) >= 11 is 0. The van der Waals surface area contributed by atoms with Crippen molar-refractivity contribution < 1.29 is 4.74 Å². The van der Waals surface area contributed by atoms with Crippen molar-refractivity contribution in [3.05, 3.63) is 0 Å². The smallest absolute Gasteiger partial charge is 0.0612 e. The SMILES string of the molecule is CC(C)C1CC(N2CCC(C(C)N)CC2)CCO1. The van der Waals surface area contributed by atoms with Crippen molar-refractivity contribution in [2.24, 2.45) is 17.6 Å². The molecule has 0 aromatic heterocycles. The standard InChI is InChI=1S/C15H30N2O/c1-11(2)15-10-14(6-9-18-15)17-7-4-13(5-8-17)12(3)16/h11-15H,4-10,16H2,1-3H3. The number of nitrogens with zero attached hydrogens (tertiary/aromatic N) is 1. The second-order valence-corrected chi connectivity index (χ2v) is 6.56. The molecular formula is C15H30N2O. The van der Waals surface area contributed by atoms with Crippen molar-refractivity contribution in [3.63, 3.8) is 0 Å². The highest BCUT2D eigenvalue weighted by atomic mass is 16.5. The largest absolute Gasteiger partial charge is 0.378 e. The molecule has 2 rings (SSSR count). The van der Waals surface area contributed by atoms with Crippen LogP contribution in [0.1, 0.15) is 46.5 Å². The van der Waals surface area contributed by atoms with E-state index in [0.717, 1.165) is 18.6 Å². The van der Waals surface area contributed by atoms with E-state index in [1.54, 1.807) is 0 Å². The third-order valence-corrected chi connectivity index (χ3v) is 4.87. The summed E-state index contributed by atoms with van der Waals surface area (Å²) in [6.45, 7) is 10.1. The number of nitrogens with two attached hydrogens (primary N) is 1. The Bertz CT molecular complexity index is 247. The predicted molar refractivity (Wildman–Crippen MR) is 75.5 cm³/mol. The van der Waals surface area contributed by atoms with E-state index in [-0.39, 0.29) is 0 Å². The van der Waals surface area contributed by atoms with Gasteiger partial charge in [0.1, 0.15) is 0 Å². The zero-order valence-corrected chi connectivity index (χ0v) is 12.3. The number of rotatable bonds is 3. The van der Waals surface area contributed by atoms with E-state index in [4.69, 9.17) is 10.5 Å². The summed E-state index contributed by atoms with van der Waals surface area (Å²) in [7, 11) is 0. The first kappa shape index (κ1) is 14.3. The quantitative estimate of drug-likeness (QED) is 0.839. The first-order valence-electron chi connectivity index (χ1n) is 7.69. The van der Waals surface area contributed by atoms with Crippen molar-refractivity contribution in [2.75, 3.05) is 19.7 Å². The van der Waals surface area contributed by atoms with Crippen molar-refractivity contribution >= 4 is 0 Å². The minimum atomic E-state index is 0.366. The van der Waals surface area contributed by atoms with Crippen LogP contribution in [0.4, 0.5) is 0 Å². The van der Waals surface area contributed by atoms with Gasteiger partial charge in [0.15, 0.2) is 0 Å². The summed E-state index contributed by atoms with van der Waals surface area (Å²) in [4.78, 5) is 2.69. The van der Waals surface area contributed by atoms with Crippen LogP contribution in [0.25, 0.3) is 0 Å². The minimum Gasteiger partial charge on any atom is -0.378 e. The molecule has 2 aliphatic heterocycles. The van der Waals surface area contributed by atoms with Gasteiger partial charge >= 0.3 is 0 Å². The molecule has 3 unspecified atom stereocenters. The highest BCUT2D eigenvalue weighted by molar-refractivity contribution is 4.85. The van der Waals surface area contributed by atoms with Crippen molar-refractivity contribution in [1.29, 1.82) is 0 Å². The number of ether oxygens (including phenoxy) is 1. The second-order valence-electron chi connectivity index (χ2n) is 6.56. The maximum absolute atomic E-state index is 6.01. The molecular weight excluding hydrogens is 224 g/mol. The number of hydrogen-bond donors (Lipinski definition) is 1. The molecule has 0 radical (unpaired) electrons. The Labute approximate surface area is 112 Å². The van der Waals surface area contributed by atoms with E-state index in [1.807, 2.05) is 0 Å². The van der Waals surface area contributed by atoms with Gasteiger partial charge in [-0.2, -0.15) is 0 Å². The fourth-order valence-electron chi connectivity index (χ4n) is 3.42. The number of likely N-dealkylation sites (tertiary alicyclic amines) is 1. The van der Waals surface area contributed by atoms with Gasteiger partial charge in [-0.05, 0) is 57.5 Å². The summed E-state index contributed by atoms with van der Waals surface area (Å²) in [6, 6.07) is 1.12. The molecule has 0 spiro atoms. The molecule has 2 saturated heterocycles. The van der Waals surface area contributed by atoms with E-state index in [2.05, 4.69) is 25.7 Å². The van der Waals surface area contributed by atoms with Crippen molar-refractivity contribution in [3.8, 4) is 0 Å². The molecule has 0 aliphatic carbocycles. The topological polar surface area (TPSA) is 38.5 Å². The Balaban J connectivity index is 1.82. The zero-order chi connectivity index (χ0) is 13.1. The Kier molecular flexibility index (Phi) is 5.05. The van der Waals surface area contributed by atoms with Gasteiger partial charge in [-0.3, -0.25) is 0 Å². The van der Waals surface area contributed by atoms with Gasteiger partial charge in [0.05, 0.1) is 6.10 Å². The molecule has 3 nitrogen and oxygen atoms in total. The molecule has 3 atom stereocenters. The van der Waals surface area contributed by atoms with Crippen LogP contribution in [-0.2, 0) is 4.74 Å². The molecule has 18 heavy (non-hydrogen) atoms. The molecule has 2 aliphatic rings. The Hall–Kier alpha value is -0.120. The van der Waals surface area contributed by atoms with Gasteiger partial charge in [-0.25, -0.2) is 0 Å². The zero-order valence-electron chi connectivity index (χ0n) is 12.3. The summed E-state index contributed by atoms with van der Waals surface area (Å²) in [5.74, 6) is 1.39. The molecule has 0 amide bonds. The van der Waals surface area contributed by atoms with E-state index >= 15 is 0 Å². The Morgan fingerprint density at radius 2 is 1.78 bits per heavy atom. The van der Waals surface area contributed by atoms with E-state index in [9.17, 15) is 0 Å². The van der Waals surface area contributed by atoms with E-state index in [0.29, 0.717) is 18.1 Å². The number of piperidine rings is 1. The Morgan fingerprint density at radius 3 is 2.33 bits per heavy atom. The highest BCUT2D eigenvalue weighted by Crippen LogP contribution is 2.28. The average molecular weight is 254 g/mol. The van der Waals surface area contributed by atoms with Crippen LogP contribution in [0.2, 0.25) is 0 Å². The molecule has 0 aromatic rings. The minimum absolute atomic E-state index is 0.366. The molecule has 2 N–H and O–H groups in total. The summed E-state index contributed by atoms with van der Waals surface area (Å²) < 4.78 is 5.87. The van der Waals surface area contributed by atoms with Crippen LogP contribution in [0.3, 0.4) is 0 Å². The number of hydrogen-bond acceptors (Lipinski definition) is 3. The molecule has 0 bridgehead atoms. The maximum atomic E-state index is 6.01. The predicted octanol–water partition coefficient (Wildman–Crippen LogP) is 2.25. The van der Waals surface area contributed by atoms with Gasteiger partial charge in [-0.1, -0.05) is 13.8 Å². The summed E-state index contributed by atoms with van der Waals surface area (Å²) in [5, 5.41) is 0. The summed E-state index contributed by atoms with van der Waals surface area (Å²) in [6.07, 6.45) is 5.46. The monoisotopic (exact) mass is 254 g/mol. The molecule has 2 fully saturated rings. The van der Waals surface area contributed by atoms with Crippen LogP contribution in [0.5, 0.6) is 0 Å². The van der Waals surface area contributed by atoms with Gasteiger partial charge < -0.3 is 15.4 Å². The first-order valence-corrected chi connectivity index (χ1v) is 7.69. The van der Waals surface area contributed by atoms with Crippen LogP contribution >= 0.6 is 0 Å². The van der Waals surface area contributed by atoms with Crippen LogP contribution < -0.4 is 5.73 Å². The van der Waals surface area contributed by atoms with Gasteiger partial charge in [-0.15, -0.1) is 0 Å². The third-order valence-electron chi connectivity index (χ3n) is 4.87. The molecule has 0 saturated carbocycles. The lowest BCUT2D eigenvalue weighted by Gasteiger charge is -2.42. The third kappa shape index (κ3) is 3.46. The lowest BCUT2D eigenvalue weighted by Crippen LogP contribution is -2.48. The average Bonchev–Trinajstić information content (AvgIpc) is 2.39. The molecule has 3 heteroatoms. The highest BCUT2D eigenvalue weighted by Gasteiger charge is 2.31. The van der Waals surface area contributed by atoms with Crippen LogP contribution in [0.15, 0.2) is 0 Å². The lowest BCUT2D eigenvalue weighted by molar-refractivity contribution is -0.0538. The fraction of sp³-hybridized carbons (Fsp3) is 1.00. The van der Waals surface area contributed by atoms with Gasteiger partial charge in [0.2, 0.25) is 0 Å². The van der Waals surface area contributed by atoms with Crippen molar-refractivity contribution in [1.82, 2.24) is 4.90 Å². The lowest BCUT2D eigenvalue weighted by atomic mass is 9.88. The van der Waals surface area contributed by atoms with Gasteiger partial charge in [0.25, 0.3) is 0 Å². The van der Waals surface area contributed by atoms with E-state index in [1.165, 1.54) is 38.8 Å². The Morgan fingerprint density at radius 1 is 1.11 bits per heavy atom. The summed E-state index contributed by atoms with van der Waals surface area (Å²) in [5.41, 5.74) is 6.01. The fourth-order valence-corrected chi connectivity index (χ4v) is 3.42. The van der Waals surface area contributed by atoms with Gasteiger partial charge in [0, 0.05) is 18.7 Å². The molecule has 106 valence electrons. The van der Waals surface area contributed by atoms with Crippen LogP contribution in [0, 0.1) is 11.8 Å². The normalized spacial score (nSPS) is 33.8. The second kappa shape index (κ2) is 6.36. The molecule has 2 heterocycles. The molecule has 0 aromatic carbocycles. The van der Waals surface area contributed by atoms with Crippen LogP contribution in [-0.4, -0.2) is 42.8 Å². The maximum Gasteiger partial charge on any atom is 0.0612 e. The first-order chi connectivity index (χ1) is 8.58. The van der Waals surface area contributed by atoms with Crippen molar-refractivity contribution in [2.45, 2.75) is 64.6 Å².